The number of benzene rings is 1. The Hall–Kier alpha value is -2.77. The number of nitro benzene ring substituents is 1. The highest BCUT2D eigenvalue weighted by Crippen LogP contribution is 2.18. The van der Waals surface area contributed by atoms with Crippen molar-refractivity contribution in [2.75, 3.05) is 6.61 Å². The fourth-order valence-electron chi connectivity index (χ4n) is 1.74. The first-order valence-electron chi connectivity index (χ1n) is 6.09. The van der Waals surface area contributed by atoms with Crippen molar-refractivity contribution in [3.63, 3.8) is 0 Å². The third-order valence-corrected chi connectivity index (χ3v) is 2.78. The Labute approximate surface area is 119 Å². The summed E-state index contributed by atoms with van der Waals surface area (Å²) in [6.45, 7) is 0.564. The highest BCUT2D eigenvalue weighted by Gasteiger charge is 2.18. The molecule has 0 aliphatic rings. The van der Waals surface area contributed by atoms with E-state index in [0.717, 1.165) is 18.2 Å². The Bertz CT molecular complexity index is 684. The van der Waals surface area contributed by atoms with Crippen LogP contribution < -0.4 is 4.57 Å². The summed E-state index contributed by atoms with van der Waals surface area (Å²) in [6, 6.07) is 2.90. The highest BCUT2D eigenvalue weighted by molar-refractivity contribution is 5.90. The highest BCUT2D eigenvalue weighted by atomic mass is 19.1. The molecule has 8 heteroatoms. The number of carbonyl (C=O) groups excluding carboxylic acids is 1. The van der Waals surface area contributed by atoms with Crippen LogP contribution in [0.5, 0.6) is 0 Å². The first kappa shape index (κ1) is 14.6. The van der Waals surface area contributed by atoms with Gasteiger partial charge in [0.15, 0.2) is 0 Å². The van der Waals surface area contributed by atoms with E-state index in [1.165, 1.54) is 0 Å². The van der Waals surface area contributed by atoms with Gasteiger partial charge in [-0.1, -0.05) is 0 Å². The lowest BCUT2D eigenvalue weighted by Gasteiger charge is -2.03. The van der Waals surface area contributed by atoms with Gasteiger partial charge in [0.1, 0.15) is 25.5 Å². The van der Waals surface area contributed by atoms with Crippen LogP contribution in [-0.2, 0) is 18.3 Å². The topological polar surface area (TPSA) is 78.2 Å². The van der Waals surface area contributed by atoms with Crippen molar-refractivity contribution in [3.8, 4) is 0 Å². The fourth-order valence-corrected chi connectivity index (χ4v) is 1.74. The second-order valence-electron chi connectivity index (χ2n) is 4.38. The SMILES string of the molecule is C[n+]1ccn(CCOC(=O)c2ccc(F)c([N+](=O)[O-])c2)c1. The van der Waals surface area contributed by atoms with Crippen molar-refractivity contribution in [3.05, 3.63) is 58.4 Å². The molecule has 0 atom stereocenters. The average Bonchev–Trinajstić information content (AvgIpc) is 2.84. The van der Waals surface area contributed by atoms with Crippen molar-refractivity contribution in [2.24, 2.45) is 7.05 Å². The van der Waals surface area contributed by atoms with E-state index in [1.807, 2.05) is 34.9 Å². The molecule has 7 nitrogen and oxygen atoms in total. The summed E-state index contributed by atoms with van der Waals surface area (Å²) >= 11 is 0. The Balaban J connectivity index is 1.97. The van der Waals surface area contributed by atoms with E-state index in [4.69, 9.17) is 4.74 Å². The summed E-state index contributed by atoms with van der Waals surface area (Å²) in [5, 5.41) is 10.6. The molecule has 1 aromatic heterocycles. The van der Waals surface area contributed by atoms with E-state index in [-0.39, 0.29) is 12.2 Å². The maximum Gasteiger partial charge on any atom is 0.338 e. The molecule has 110 valence electrons. The van der Waals surface area contributed by atoms with E-state index < -0.39 is 22.4 Å². The third-order valence-electron chi connectivity index (χ3n) is 2.78. The summed E-state index contributed by atoms with van der Waals surface area (Å²) in [6.07, 6.45) is 5.47. The van der Waals surface area contributed by atoms with Gasteiger partial charge in [-0.05, 0) is 12.1 Å². The normalized spacial score (nSPS) is 10.4. The number of aryl methyl sites for hydroxylation is 1. The Morgan fingerprint density at radius 2 is 2.29 bits per heavy atom. The van der Waals surface area contributed by atoms with Gasteiger partial charge in [-0.15, -0.1) is 0 Å². The maximum atomic E-state index is 13.2. The van der Waals surface area contributed by atoms with Gasteiger partial charge in [-0.2, -0.15) is 4.39 Å². The minimum atomic E-state index is -0.989. The fraction of sp³-hybridized carbons (Fsp3) is 0.231. The van der Waals surface area contributed by atoms with Crippen LogP contribution in [0.15, 0.2) is 36.9 Å². The van der Waals surface area contributed by atoms with Crippen LogP contribution in [0.3, 0.4) is 0 Å². The van der Waals surface area contributed by atoms with E-state index in [0.29, 0.717) is 6.54 Å². The number of nitrogens with zero attached hydrogens (tertiary/aromatic N) is 3. The molecule has 0 bridgehead atoms. The molecule has 0 saturated heterocycles. The van der Waals surface area contributed by atoms with Gasteiger partial charge >= 0.3 is 11.7 Å². The van der Waals surface area contributed by atoms with Crippen LogP contribution in [0.2, 0.25) is 0 Å². The van der Waals surface area contributed by atoms with Gasteiger partial charge in [-0.25, -0.2) is 13.9 Å². The number of esters is 1. The lowest BCUT2D eigenvalue weighted by Crippen LogP contribution is -2.24. The van der Waals surface area contributed by atoms with Gasteiger partial charge in [0.05, 0.1) is 17.5 Å². The Morgan fingerprint density at radius 1 is 1.52 bits per heavy atom. The van der Waals surface area contributed by atoms with E-state index in [2.05, 4.69) is 0 Å². The quantitative estimate of drug-likeness (QED) is 0.359. The number of rotatable bonds is 5. The average molecular weight is 294 g/mol. The Morgan fingerprint density at radius 3 is 2.90 bits per heavy atom. The molecule has 0 amide bonds. The molecule has 1 aromatic carbocycles. The molecule has 0 saturated carbocycles. The first-order chi connectivity index (χ1) is 9.97. The van der Waals surface area contributed by atoms with Crippen LogP contribution >= 0.6 is 0 Å². The van der Waals surface area contributed by atoms with Gasteiger partial charge in [-0.3, -0.25) is 10.1 Å². The minimum Gasteiger partial charge on any atom is -0.458 e. The lowest BCUT2D eigenvalue weighted by molar-refractivity contribution is -0.671. The van der Waals surface area contributed by atoms with E-state index in [9.17, 15) is 19.3 Å². The number of carbonyl (C=O) groups is 1. The zero-order valence-corrected chi connectivity index (χ0v) is 11.2. The smallest absolute Gasteiger partial charge is 0.338 e. The zero-order valence-electron chi connectivity index (χ0n) is 11.2. The van der Waals surface area contributed by atoms with E-state index in [1.54, 1.807) is 0 Å². The lowest BCUT2D eigenvalue weighted by atomic mass is 10.2. The second-order valence-corrected chi connectivity index (χ2v) is 4.38. The molecule has 21 heavy (non-hydrogen) atoms. The van der Waals surface area contributed by atoms with Gasteiger partial charge in [0, 0.05) is 6.07 Å². The molecule has 0 radical (unpaired) electrons. The standard InChI is InChI=1S/C13H13FN3O4/c1-15-4-5-16(9-15)6-7-21-13(18)10-2-3-11(14)12(8-10)17(19)20/h2-5,8-9H,6-7H2,1H3/q+1. The van der Waals surface area contributed by atoms with E-state index >= 15 is 0 Å². The van der Waals surface area contributed by atoms with Crippen molar-refractivity contribution in [2.45, 2.75) is 6.54 Å². The summed E-state index contributed by atoms with van der Waals surface area (Å²) in [4.78, 5) is 21.5. The molecule has 2 aromatic rings. The van der Waals surface area contributed by atoms with Crippen LogP contribution in [0.4, 0.5) is 10.1 Å². The number of hydrogen-bond donors (Lipinski definition) is 0. The molecule has 0 aliphatic heterocycles. The third kappa shape index (κ3) is 3.62. The van der Waals surface area contributed by atoms with Crippen molar-refractivity contribution >= 4 is 11.7 Å². The largest absolute Gasteiger partial charge is 0.458 e. The summed E-state index contributed by atoms with van der Waals surface area (Å²) < 4.78 is 21.8. The van der Waals surface area contributed by atoms with Gasteiger partial charge in [0.2, 0.25) is 12.1 Å². The number of ether oxygens (including phenoxy) is 1. The molecule has 0 fully saturated rings. The van der Waals surface area contributed by atoms with Crippen LogP contribution in [0, 0.1) is 15.9 Å². The van der Waals surface area contributed by atoms with Crippen LogP contribution in [0.25, 0.3) is 0 Å². The second kappa shape index (κ2) is 6.12. The van der Waals surface area contributed by atoms with Gasteiger partial charge < -0.3 is 4.74 Å². The van der Waals surface area contributed by atoms with Gasteiger partial charge in [0.25, 0.3) is 0 Å². The zero-order chi connectivity index (χ0) is 15.4. The summed E-state index contributed by atoms with van der Waals surface area (Å²) in [5.74, 6) is -1.72. The number of halogens is 1. The monoisotopic (exact) mass is 294 g/mol. The van der Waals surface area contributed by atoms with Crippen molar-refractivity contribution < 1.29 is 23.4 Å². The predicted octanol–water partition coefficient (Wildman–Crippen LogP) is 1.22. The number of imidazole rings is 1. The summed E-state index contributed by atoms with van der Waals surface area (Å²) in [5.41, 5.74) is -0.803. The predicted molar refractivity (Wildman–Crippen MR) is 68.9 cm³/mol. The number of nitro groups is 1. The molecule has 0 unspecified atom stereocenters. The molecule has 2 rings (SSSR count). The van der Waals surface area contributed by atoms with Crippen molar-refractivity contribution in [1.29, 1.82) is 0 Å². The first-order valence-corrected chi connectivity index (χ1v) is 6.09. The van der Waals surface area contributed by atoms with Crippen molar-refractivity contribution in [1.82, 2.24) is 4.57 Å². The molecule has 0 aliphatic carbocycles. The minimum absolute atomic E-state index is 0.0545. The number of aromatic nitrogens is 2. The molecule has 0 N–H and O–H groups in total. The Kier molecular flexibility index (Phi) is 4.27. The maximum absolute atomic E-state index is 13.2. The summed E-state index contributed by atoms with van der Waals surface area (Å²) in [7, 11) is 1.86. The number of hydrogen-bond acceptors (Lipinski definition) is 4. The van der Waals surface area contributed by atoms with Crippen LogP contribution in [0.1, 0.15) is 10.4 Å². The molecular weight excluding hydrogens is 281 g/mol. The van der Waals surface area contributed by atoms with Crippen LogP contribution in [-0.4, -0.2) is 22.1 Å². The molecular formula is C13H13FN3O4+. The molecule has 0 spiro atoms. The molecule has 1 heterocycles.